The number of benzene rings is 2. The summed E-state index contributed by atoms with van der Waals surface area (Å²) in [4.78, 5) is 18.0. The van der Waals surface area contributed by atoms with Gasteiger partial charge in [0.25, 0.3) is 0 Å². The van der Waals surface area contributed by atoms with Gasteiger partial charge in [0.15, 0.2) is 0 Å². The molecule has 2 aliphatic rings. The number of carbonyl (C=O) groups excluding carboxylic acids is 1. The summed E-state index contributed by atoms with van der Waals surface area (Å²) in [6, 6.07) is 15.2. The molecule has 2 heterocycles. The number of nitrogens with zero attached hydrogens (tertiary/aromatic N) is 4. The minimum Gasteiger partial charge on any atom is -0.324 e. The predicted molar refractivity (Wildman–Crippen MR) is 140 cm³/mol. The van der Waals surface area contributed by atoms with Gasteiger partial charge in [-0.2, -0.15) is 9.57 Å². The van der Waals surface area contributed by atoms with Crippen LogP contribution in [0.1, 0.15) is 17.0 Å². The third-order valence-corrected chi connectivity index (χ3v) is 9.75. The maximum absolute atomic E-state index is 13.3. The molecule has 0 N–H and O–H groups in total. The van der Waals surface area contributed by atoms with E-state index in [-0.39, 0.29) is 17.9 Å². The quantitative estimate of drug-likeness (QED) is 0.514. The maximum Gasteiger partial charge on any atom is 0.320 e. The van der Waals surface area contributed by atoms with E-state index in [0.29, 0.717) is 54.9 Å². The third-order valence-electron chi connectivity index (χ3n) is 6.51. The molecule has 1 unspecified atom stereocenters. The summed E-state index contributed by atoms with van der Waals surface area (Å²) >= 11 is 14.1. The molecule has 0 bridgehead atoms. The average molecular weight is 554 g/mol. The lowest BCUT2D eigenvalue weighted by Gasteiger charge is -2.35. The van der Waals surface area contributed by atoms with Crippen LogP contribution in [0.5, 0.6) is 0 Å². The van der Waals surface area contributed by atoms with E-state index in [9.17, 15) is 13.2 Å². The minimum absolute atomic E-state index is 0.0610. The molecule has 0 radical (unpaired) electrons. The Bertz CT molecular complexity index is 1230. The van der Waals surface area contributed by atoms with Gasteiger partial charge in [0.05, 0.1) is 27.9 Å². The molecule has 2 fully saturated rings. The number of likely N-dealkylation sites (tertiary alicyclic amines) is 1. The van der Waals surface area contributed by atoms with E-state index in [1.807, 2.05) is 29.2 Å². The molecule has 2 aromatic rings. The fraction of sp³-hybridized carbons (Fsp3) is 0.417. The molecule has 7 nitrogen and oxygen atoms in total. The van der Waals surface area contributed by atoms with Gasteiger partial charge in [0, 0.05) is 55.8 Å². The van der Waals surface area contributed by atoms with Crippen molar-refractivity contribution < 1.29 is 13.2 Å². The number of rotatable bonds is 5. The Morgan fingerprint density at radius 3 is 2.31 bits per heavy atom. The van der Waals surface area contributed by atoms with Crippen LogP contribution in [0, 0.1) is 17.2 Å². The van der Waals surface area contributed by atoms with Gasteiger partial charge in [0.1, 0.15) is 0 Å². The molecule has 2 saturated heterocycles. The van der Waals surface area contributed by atoms with Gasteiger partial charge in [-0.1, -0.05) is 29.3 Å². The number of sulfonamides is 1. The highest BCUT2D eigenvalue weighted by Crippen LogP contribution is 2.38. The number of piperazine rings is 1. The molecule has 0 aromatic heterocycles. The number of halogens is 2. The van der Waals surface area contributed by atoms with Gasteiger partial charge in [-0.25, -0.2) is 13.2 Å². The van der Waals surface area contributed by atoms with E-state index >= 15 is 0 Å². The second-order valence-corrected chi connectivity index (χ2v) is 12.7. The SMILES string of the molecule is CS(=O)(=O)N1CCN(C(=O)N2CC(CSc3ccc(C#N)cc3)[C@@H](c3ccc(Cl)c(Cl)c3)C2)CC1. The maximum atomic E-state index is 13.3. The number of urea groups is 1. The summed E-state index contributed by atoms with van der Waals surface area (Å²) in [5, 5.41) is 10.0. The van der Waals surface area contributed by atoms with Crippen molar-refractivity contribution in [3.05, 3.63) is 63.6 Å². The van der Waals surface area contributed by atoms with E-state index in [1.165, 1.54) is 10.6 Å². The lowest BCUT2D eigenvalue weighted by atomic mass is 9.90. The predicted octanol–water partition coefficient (Wildman–Crippen LogP) is 4.37. The van der Waals surface area contributed by atoms with Gasteiger partial charge in [-0.15, -0.1) is 11.8 Å². The number of thioether (sulfide) groups is 1. The Labute approximate surface area is 220 Å². The van der Waals surface area contributed by atoms with Crippen molar-refractivity contribution in [2.45, 2.75) is 10.8 Å². The van der Waals surface area contributed by atoms with Crippen molar-refractivity contribution in [3.63, 3.8) is 0 Å². The molecule has 186 valence electrons. The Hall–Kier alpha value is -1.96. The Morgan fingerprint density at radius 2 is 1.71 bits per heavy atom. The highest BCUT2D eigenvalue weighted by molar-refractivity contribution is 7.99. The summed E-state index contributed by atoms with van der Waals surface area (Å²) in [7, 11) is -3.26. The first kappa shape index (κ1) is 26.1. The fourth-order valence-corrected chi connectivity index (χ4v) is 6.76. The molecular formula is C24H26Cl2N4O3S2. The van der Waals surface area contributed by atoms with Crippen LogP contribution in [0.15, 0.2) is 47.4 Å². The average Bonchev–Trinajstić information content (AvgIpc) is 3.28. The van der Waals surface area contributed by atoms with Crippen molar-refractivity contribution in [3.8, 4) is 6.07 Å². The van der Waals surface area contributed by atoms with E-state index in [2.05, 4.69) is 6.07 Å². The number of carbonyl (C=O) groups is 1. The Kier molecular flexibility index (Phi) is 8.19. The lowest BCUT2D eigenvalue weighted by molar-refractivity contribution is 0.141. The largest absolute Gasteiger partial charge is 0.324 e. The second kappa shape index (κ2) is 11.0. The summed E-state index contributed by atoms with van der Waals surface area (Å²) in [6.07, 6.45) is 1.20. The van der Waals surface area contributed by atoms with Crippen molar-refractivity contribution in [2.24, 2.45) is 5.92 Å². The van der Waals surface area contributed by atoms with Crippen LogP contribution in [0.4, 0.5) is 4.79 Å². The Morgan fingerprint density at radius 1 is 1.03 bits per heavy atom. The van der Waals surface area contributed by atoms with Crippen molar-refractivity contribution in [1.82, 2.24) is 14.1 Å². The highest BCUT2D eigenvalue weighted by Gasteiger charge is 2.39. The zero-order chi connectivity index (χ0) is 25.2. The van der Waals surface area contributed by atoms with Gasteiger partial charge < -0.3 is 9.80 Å². The summed E-state index contributed by atoms with van der Waals surface area (Å²) < 4.78 is 25.0. The van der Waals surface area contributed by atoms with Gasteiger partial charge >= 0.3 is 6.03 Å². The number of nitriles is 1. The van der Waals surface area contributed by atoms with E-state index < -0.39 is 10.0 Å². The topological polar surface area (TPSA) is 84.7 Å². The monoisotopic (exact) mass is 552 g/mol. The fourth-order valence-electron chi connectivity index (χ4n) is 4.56. The molecule has 0 saturated carbocycles. The molecule has 11 heteroatoms. The second-order valence-electron chi connectivity index (χ2n) is 8.82. The summed E-state index contributed by atoms with van der Waals surface area (Å²) in [5.41, 5.74) is 1.67. The lowest BCUT2D eigenvalue weighted by Crippen LogP contribution is -2.53. The van der Waals surface area contributed by atoms with E-state index in [1.54, 1.807) is 34.9 Å². The molecule has 2 aromatic carbocycles. The number of hydrogen-bond donors (Lipinski definition) is 0. The van der Waals surface area contributed by atoms with Crippen LogP contribution in [0.3, 0.4) is 0 Å². The van der Waals surface area contributed by atoms with Crippen molar-refractivity contribution >= 4 is 51.0 Å². The first-order chi connectivity index (χ1) is 16.7. The molecule has 35 heavy (non-hydrogen) atoms. The zero-order valence-corrected chi connectivity index (χ0v) is 22.4. The Balaban J connectivity index is 1.48. The molecule has 2 amide bonds. The summed E-state index contributed by atoms with van der Waals surface area (Å²) in [5.74, 6) is 1.08. The van der Waals surface area contributed by atoms with Crippen molar-refractivity contribution in [1.29, 1.82) is 5.26 Å². The molecule has 4 rings (SSSR count). The highest BCUT2D eigenvalue weighted by atomic mass is 35.5. The normalized spacial score (nSPS) is 21.2. The molecule has 2 aliphatic heterocycles. The van der Waals surface area contributed by atoms with Crippen LogP contribution >= 0.6 is 35.0 Å². The molecule has 2 atom stereocenters. The van der Waals surface area contributed by atoms with Crippen LogP contribution < -0.4 is 0 Å². The van der Waals surface area contributed by atoms with Gasteiger partial charge in [-0.05, 0) is 47.9 Å². The van der Waals surface area contributed by atoms with Gasteiger partial charge in [0.2, 0.25) is 10.0 Å². The first-order valence-corrected chi connectivity index (χ1v) is 14.8. The third kappa shape index (κ3) is 6.25. The molecular weight excluding hydrogens is 527 g/mol. The van der Waals surface area contributed by atoms with Crippen LogP contribution in [-0.2, 0) is 10.0 Å². The van der Waals surface area contributed by atoms with E-state index in [4.69, 9.17) is 28.5 Å². The number of hydrogen-bond acceptors (Lipinski definition) is 5. The van der Waals surface area contributed by atoms with Crippen LogP contribution in [0.2, 0.25) is 10.0 Å². The zero-order valence-electron chi connectivity index (χ0n) is 19.2. The number of amides is 2. The smallest absolute Gasteiger partial charge is 0.320 e. The van der Waals surface area contributed by atoms with Crippen LogP contribution in [0.25, 0.3) is 0 Å². The first-order valence-electron chi connectivity index (χ1n) is 11.2. The van der Waals surface area contributed by atoms with E-state index in [0.717, 1.165) is 16.2 Å². The van der Waals surface area contributed by atoms with Gasteiger partial charge in [-0.3, -0.25) is 0 Å². The summed E-state index contributed by atoms with van der Waals surface area (Å²) in [6.45, 7) is 2.54. The minimum atomic E-state index is -3.26. The standard InChI is InChI=1S/C24H26Cl2N4O3S2/c1-35(32,33)30-10-8-28(9-11-30)24(31)29-14-19(16-34-20-5-2-17(13-27)3-6-20)21(15-29)18-4-7-22(25)23(26)12-18/h2-7,12,19,21H,8-11,14-16H2,1H3/t19?,21-/m1/s1. The van der Waals surface area contributed by atoms with Crippen molar-refractivity contribution in [2.75, 3.05) is 51.3 Å². The molecule has 0 spiro atoms. The molecule has 0 aliphatic carbocycles. The van der Waals surface area contributed by atoms with Crippen LogP contribution in [-0.4, -0.2) is 79.8 Å².